The van der Waals surface area contributed by atoms with Gasteiger partial charge < -0.3 is 10.1 Å². The third-order valence-electron chi connectivity index (χ3n) is 3.36. The van der Waals surface area contributed by atoms with Crippen LogP contribution in [0.15, 0.2) is 42.5 Å². The molecule has 0 bridgehead atoms. The molecule has 2 aromatic rings. The summed E-state index contributed by atoms with van der Waals surface area (Å²) in [4.78, 5) is 0. The Labute approximate surface area is 121 Å². The van der Waals surface area contributed by atoms with Crippen LogP contribution in [0.4, 0.5) is 5.69 Å². The fourth-order valence-electron chi connectivity index (χ4n) is 2.27. The van der Waals surface area contributed by atoms with E-state index in [2.05, 4.69) is 56.4 Å². The lowest BCUT2D eigenvalue weighted by atomic mass is 10.1. The molecule has 0 aliphatic heterocycles. The molecular formula is C18H23NO. The molecule has 1 N–H and O–H groups in total. The zero-order chi connectivity index (χ0) is 14.4. The van der Waals surface area contributed by atoms with E-state index in [4.69, 9.17) is 4.74 Å². The number of nitrogens with one attached hydrogen (secondary N) is 1. The number of para-hydroxylation sites is 1. The highest BCUT2D eigenvalue weighted by molar-refractivity contribution is 5.56. The Morgan fingerprint density at radius 3 is 2.35 bits per heavy atom. The molecule has 0 fully saturated rings. The number of aryl methyl sites for hydroxylation is 3. The van der Waals surface area contributed by atoms with Crippen LogP contribution in [-0.4, -0.2) is 13.2 Å². The lowest BCUT2D eigenvalue weighted by molar-refractivity contribution is 0.315. The van der Waals surface area contributed by atoms with E-state index in [0.29, 0.717) is 0 Å². The van der Waals surface area contributed by atoms with Crippen molar-refractivity contribution in [3.63, 3.8) is 0 Å². The fraction of sp³-hybridized carbons (Fsp3) is 0.333. The van der Waals surface area contributed by atoms with E-state index in [1.165, 1.54) is 22.4 Å². The van der Waals surface area contributed by atoms with Crippen LogP contribution in [0.5, 0.6) is 5.75 Å². The molecule has 20 heavy (non-hydrogen) atoms. The molecule has 106 valence electrons. The second-order valence-corrected chi connectivity index (χ2v) is 5.21. The molecule has 0 aromatic heterocycles. The molecule has 2 rings (SSSR count). The monoisotopic (exact) mass is 269 g/mol. The van der Waals surface area contributed by atoms with E-state index in [9.17, 15) is 0 Å². The first-order valence-electron chi connectivity index (χ1n) is 7.16. The third kappa shape index (κ3) is 4.02. The highest BCUT2D eigenvalue weighted by atomic mass is 16.5. The van der Waals surface area contributed by atoms with Gasteiger partial charge in [0.1, 0.15) is 5.75 Å². The van der Waals surface area contributed by atoms with Crippen LogP contribution in [0.25, 0.3) is 0 Å². The Bertz CT molecular complexity index is 543. The molecular weight excluding hydrogens is 246 g/mol. The molecule has 0 heterocycles. The van der Waals surface area contributed by atoms with Gasteiger partial charge in [0.25, 0.3) is 0 Å². The predicted molar refractivity (Wildman–Crippen MR) is 85.7 cm³/mol. The first kappa shape index (κ1) is 14.4. The molecule has 0 radical (unpaired) electrons. The number of rotatable bonds is 6. The lowest BCUT2D eigenvalue weighted by Gasteiger charge is -2.13. The number of hydrogen-bond donors (Lipinski definition) is 1. The van der Waals surface area contributed by atoms with Crippen LogP contribution < -0.4 is 10.1 Å². The van der Waals surface area contributed by atoms with Crippen molar-refractivity contribution in [2.45, 2.75) is 27.2 Å². The minimum absolute atomic E-state index is 0.737. The maximum absolute atomic E-state index is 5.75. The smallest absolute Gasteiger partial charge is 0.119 e. The second kappa shape index (κ2) is 6.99. The average molecular weight is 269 g/mol. The zero-order valence-corrected chi connectivity index (χ0v) is 12.6. The summed E-state index contributed by atoms with van der Waals surface area (Å²) in [5.74, 6) is 0.956. The van der Waals surface area contributed by atoms with Crippen molar-refractivity contribution < 1.29 is 4.74 Å². The topological polar surface area (TPSA) is 21.3 Å². The van der Waals surface area contributed by atoms with Crippen molar-refractivity contribution in [3.05, 3.63) is 59.2 Å². The van der Waals surface area contributed by atoms with Crippen molar-refractivity contribution >= 4 is 5.69 Å². The molecule has 0 aliphatic carbocycles. The van der Waals surface area contributed by atoms with Gasteiger partial charge in [0.2, 0.25) is 0 Å². The lowest BCUT2D eigenvalue weighted by Crippen LogP contribution is -2.09. The van der Waals surface area contributed by atoms with E-state index in [1.54, 1.807) is 0 Å². The van der Waals surface area contributed by atoms with Crippen LogP contribution >= 0.6 is 0 Å². The maximum Gasteiger partial charge on any atom is 0.119 e. The average Bonchev–Trinajstić information content (AvgIpc) is 2.41. The summed E-state index contributed by atoms with van der Waals surface area (Å²) in [6.45, 7) is 8.02. The normalized spacial score (nSPS) is 10.3. The summed E-state index contributed by atoms with van der Waals surface area (Å²) >= 11 is 0. The molecule has 0 unspecified atom stereocenters. The summed E-state index contributed by atoms with van der Waals surface area (Å²) in [5.41, 5.74) is 5.08. The molecule has 0 saturated carbocycles. The van der Waals surface area contributed by atoms with Crippen molar-refractivity contribution in [3.8, 4) is 5.75 Å². The number of ether oxygens (including phenoxy) is 1. The van der Waals surface area contributed by atoms with Crippen LogP contribution in [0, 0.1) is 20.8 Å². The van der Waals surface area contributed by atoms with E-state index in [0.717, 1.165) is 25.3 Å². The first-order valence-corrected chi connectivity index (χ1v) is 7.16. The maximum atomic E-state index is 5.75. The Balaban J connectivity index is 1.74. The summed E-state index contributed by atoms with van der Waals surface area (Å²) in [6.07, 6.45) is 0.988. The first-order chi connectivity index (χ1) is 9.66. The van der Waals surface area contributed by atoms with Crippen molar-refractivity contribution in [2.24, 2.45) is 0 Å². The minimum Gasteiger partial charge on any atom is -0.494 e. The van der Waals surface area contributed by atoms with Crippen molar-refractivity contribution in [2.75, 3.05) is 18.5 Å². The van der Waals surface area contributed by atoms with Gasteiger partial charge in [-0.25, -0.2) is 0 Å². The van der Waals surface area contributed by atoms with Gasteiger partial charge in [-0.05, 0) is 56.0 Å². The highest BCUT2D eigenvalue weighted by Crippen LogP contribution is 2.19. The van der Waals surface area contributed by atoms with E-state index in [1.807, 2.05) is 12.1 Å². The Kier molecular flexibility index (Phi) is 5.05. The summed E-state index contributed by atoms with van der Waals surface area (Å²) in [6, 6.07) is 14.5. The zero-order valence-electron chi connectivity index (χ0n) is 12.6. The predicted octanol–water partition coefficient (Wildman–Crippen LogP) is 4.49. The van der Waals surface area contributed by atoms with Gasteiger partial charge in [0, 0.05) is 12.2 Å². The van der Waals surface area contributed by atoms with Crippen LogP contribution in [0.2, 0.25) is 0 Å². The molecule has 0 saturated heterocycles. The molecule has 0 spiro atoms. The molecule has 0 aliphatic rings. The Morgan fingerprint density at radius 2 is 1.65 bits per heavy atom. The van der Waals surface area contributed by atoms with Gasteiger partial charge >= 0.3 is 0 Å². The SMILES string of the molecule is Cc1cccc(OCCCNc2c(C)cccc2C)c1. The number of hydrogen-bond acceptors (Lipinski definition) is 2. The van der Waals surface area contributed by atoms with Gasteiger partial charge in [-0.15, -0.1) is 0 Å². The van der Waals surface area contributed by atoms with Gasteiger partial charge in [-0.3, -0.25) is 0 Å². The van der Waals surface area contributed by atoms with Gasteiger partial charge in [0.05, 0.1) is 6.61 Å². The number of benzene rings is 2. The molecule has 0 atom stereocenters. The third-order valence-corrected chi connectivity index (χ3v) is 3.36. The van der Waals surface area contributed by atoms with E-state index in [-0.39, 0.29) is 0 Å². The van der Waals surface area contributed by atoms with E-state index >= 15 is 0 Å². The fourth-order valence-corrected chi connectivity index (χ4v) is 2.27. The second-order valence-electron chi connectivity index (χ2n) is 5.21. The summed E-state index contributed by atoms with van der Waals surface area (Å²) < 4.78 is 5.75. The molecule has 2 aromatic carbocycles. The van der Waals surface area contributed by atoms with Crippen molar-refractivity contribution in [1.29, 1.82) is 0 Å². The minimum atomic E-state index is 0.737. The highest BCUT2D eigenvalue weighted by Gasteiger charge is 2.00. The summed E-state index contributed by atoms with van der Waals surface area (Å²) in [5, 5.41) is 3.50. The van der Waals surface area contributed by atoms with E-state index < -0.39 is 0 Å². The van der Waals surface area contributed by atoms with Crippen molar-refractivity contribution in [1.82, 2.24) is 0 Å². The van der Waals surface area contributed by atoms with Gasteiger partial charge in [-0.2, -0.15) is 0 Å². The molecule has 2 nitrogen and oxygen atoms in total. The van der Waals surface area contributed by atoms with Crippen LogP contribution in [-0.2, 0) is 0 Å². The Hall–Kier alpha value is -1.96. The van der Waals surface area contributed by atoms with Gasteiger partial charge in [0.15, 0.2) is 0 Å². The standard InChI is InChI=1S/C18H23NO/c1-14-7-4-10-17(13-14)20-12-6-11-19-18-15(2)8-5-9-16(18)3/h4-5,7-10,13,19H,6,11-12H2,1-3H3. The van der Waals surface area contributed by atoms with Gasteiger partial charge in [-0.1, -0.05) is 30.3 Å². The van der Waals surface area contributed by atoms with Crippen LogP contribution in [0.3, 0.4) is 0 Å². The quantitative estimate of drug-likeness (QED) is 0.780. The molecule has 2 heteroatoms. The Morgan fingerprint density at radius 1 is 0.950 bits per heavy atom. The van der Waals surface area contributed by atoms with Crippen LogP contribution in [0.1, 0.15) is 23.1 Å². The number of anilines is 1. The largest absolute Gasteiger partial charge is 0.494 e. The molecule has 0 amide bonds. The summed E-state index contributed by atoms with van der Waals surface area (Å²) in [7, 11) is 0.